The summed E-state index contributed by atoms with van der Waals surface area (Å²) < 4.78 is 162. The highest BCUT2D eigenvalue weighted by atomic mass is 19.4. The average Bonchev–Trinajstić information content (AvgIpc) is 3.11. The summed E-state index contributed by atoms with van der Waals surface area (Å²) in [6.45, 7) is 0. The number of hydrogen-bond acceptors (Lipinski definition) is 2. The van der Waals surface area contributed by atoms with E-state index in [4.69, 9.17) is 5.21 Å². The second-order valence-corrected chi connectivity index (χ2v) is 7.38. The van der Waals surface area contributed by atoms with Crippen molar-refractivity contribution in [1.29, 1.82) is 0 Å². The van der Waals surface area contributed by atoms with E-state index in [0.29, 0.717) is 22.8 Å². The van der Waals surface area contributed by atoms with E-state index in [1.807, 2.05) is 5.16 Å². The maximum absolute atomic E-state index is 14.5. The van der Waals surface area contributed by atoms with Gasteiger partial charge in [-0.25, -0.2) is 8.78 Å². The quantitative estimate of drug-likeness (QED) is 0.160. The fourth-order valence-electron chi connectivity index (χ4n) is 3.48. The van der Waals surface area contributed by atoms with Gasteiger partial charge in [-0.15, -0.1) is 0 Å². The van der Waals surface area contributed by atoms with Crippen molar-refractivity contribution in [3.05, 3.63) is 59.2 Å². The highest BCUT2D eigenvalue weighted by Gasteiger charge is 2.88. The molecule has 34 heavy (non-hydrogen) atoms. The molecular formula is C20H11F12NO. The Bertz CT molecular complexity index is 1130. The first-order valence-electron chi connectivity index (χ1n) is 9.06. The van der Waals surface area contributed by atoms with E-state index in [1.54, 1.807) is 24.3 Å². The van der Waals surface area contributed by atoms with Crippen molar-refractivity contribution in [2.24, 2.45) is 5.16 Å². The van der Waals surface area contributed by atoms with Gasteiger partial charge in [-0.1, -0.05) is 41.6 Å². The summed E-state index contributed by atoms with van der Waals surface area (Å²) in [5, 5.41) is 10.7. The fraction of sp³-hybridized carbons (Fsp3) is 0.350. The number of fused-ring (bicyclic) bond motifs is 3. The smallest absolute Gasteiger partial charge is 0.385 e. The van der Waals surface area contributed by atoms with Crippen LogP contribution in [-0.2, 0) is 6.42 Å². The molecule has 3 rings (SSSR count). The molecule has 1 N–H and O–H groups in total. The van der Waals surface area contributed by atoms with Crippen LogP contribution in [0, 0.1) is 0 Å². The Labute approximate surface area is 182 Å². The number of nitrogens with zero attached hydrogens (tertiary/aromatic N) is 1. The molecule has 0 saturated carbocycles. The zero-order valence-corrected chi connectivity index (χ0v) is 16.3. The van der Waals surface area contributed by atoms with Crippen LogP contribution in [0.3, 0.4) is 0 Å². The van der Waals surface area contributed by atoms with E-state index < -0.39 is 47.3 Å². The van der Waals surface area contributed by atoms with Gasteiger partial charge < -0.3 is 5.21 Å². The molecule has 0 radical (unpaired) electrons. The predicted molar refractivity (Wildman–Crippen MR) is 93.7 cm³/mol. The molecule has 0 atom stereocenters. The zero-order valence-electron chi connectivity index (χ0n) is 16.3. The normalized spacial score (nSPS) is 15.5. The van der Waals surface area contributed by atoms with Gasteiger partial charge in [-0.05, 0) is 34.7 Å². The molecule has 0 heterocycles. The molecule has 14 heteroatoms. The number of hydrogen-bond donors (Lipinski definition) is 1. The third-order valence-electron chi connectivity index (χ3n) is 5.34. The fourth-order valence-corrected chi connectivity index (χ4v) is 3.48. The minimum Gasteiger partial charge on any atom is -0.410 e. The Morgan fingerprint density at radius 1 is 0.735 bits per heavy atom. The number of oxime groups is 1. The molecule has 0 unspecified atom stereocenters. The Morgan fingerprint density at radius 3 is 1.85 bits per heavy atom. The lowest BCUT2D eigenvalue weighted by Gasteiger charge is -2.39. The van der Waals surface area contributed by atoms with Gasteiger partial charge in [0.1, 0.15) is 0 Å². The van der Waals surface area contributed by atoms with Crippen LogP contribution in [0.2, 0.25) is 0 Å². The first-order chi connectivity index (χ1) is 15.4. The van der Waals surface area contributed by atoms with Crippen LogP contribution in [0.15, 0.2) is 47.6 Å². The first-order valence-corrected chi connectivity index (χ1v) is 9.06. The summed E-state index contributed by atoms with van der Waals surface area (Å²) in [5.74, 6) is -36.4. The molecule has 0 fully saturated rings. The lowest BCUT2D eigenvalue weighted by atomic mass is 9.89. The van der Waals surface area contributed by atoms with E-state index in [9.17, 15) is 52.7 Å². The van der Waals surface area contributed by atoms with Crippen molar-refractivity contribution in [2.75, 3.05) is 0 Å². The van der Waals surface area contributed by atoms with Crippen molar-refractivity contribution < 1.29 is 57.9 Å². The van der Waals surface area contributed by atoms with E-state index in [0.717, 1.165) is 12.1 Å². The van der Waals surface area contributed by atoms with Crippen molar-refractivity contribution in [3.63, 3.8) is 0 Å². The monoisotopic (exact) mass is 509 g/mol. The third-order valence-corrected chi connectivity index (χ3v) is 5.34. The number of benzene rings is 2. The molecule has 0 saturated heterocycles. The van der Waals surface area contributed by atoms with Crippen LogP contribution >= 0.6 is 0 Å². The molecule has 2 nitrogen and oxygen atoms in total. The molecule has 186 valence electrons. The molecule has 1 aliphatic rings. The predicted octanol–water partition coefficient (Wildman–Crippen LogP) is 6.88. The zero-order chi connectivity index (χ0) is 25.9. The Morgan fingerprint density at radius 2 is 1.29 bits per heavy atom. The van der Waals surface area contributed by atoms with Crippen LogP contribution in [0.4, 0.5) is 52.7 Å². The topological polar surface area (TPSA) is 32.6 Å². The molecule has 1 aliphatic carbocycles. The molecule has 0 amide bonds. The summed E-state index contributed by atoms with van der Waals surface area (Å²) in [6.07, 6.45) is -5.54. The van der Waals surface area contributed by atoms with Crippen molar-refractivity contribution in [2.45, 2.75) is 42.5 Å². The molecule has 0 spiro atoms. The minimum atomic E-state index is -7.72. The van der Waals surface area contributed by atoms with Crippen LogP contribution in [0.25, 0.3) is 11.1 Å². The van der Waals surface area contributed by atoms with Gasteiger partial charge in [0.15, 0.2) is 5.71 Å². The van der Waals surface area contributed by atoms with Gasteiger partial charge in [0.25, 0.3) is 0 Å². The van der Waals surface area contributed by atoms with Crippen LogP contribution in [-0.4, -0.2) is 47.0 Å². The molecule has 2 aromatic rings. The Balaban J connectivity index is 2.06. The minimum absolute atomic E-state index is 0.0505. The van der Waals surface area contributed by atoms with Gasteiger partial charge in [0.05, 0.1) is 0 Å². The summed E-state index contributed by atoms with van der Waals surface area (Å²) in [6, 6.07) is 8.93. The number of alkyl halides is 12. The van der Waals surface area contributed by atoms with Gasteiger partial charge in [-0.3, -0.25) is 0 Å². The lowest BCUT2D eigenvalue weighted by Crippen LogP contribution is -2.70. The van der Waals surface area contributed by atoms with E-state index in [2.05, 4.69) is 0 Å². The number of halogens is 12. The van der Waals surface area contributed by atoms with E-state index in [1.165, 1.54) is 0 Å². The maximum atomic E-state index is 14.5. The first kappa shape index (κ1) is 25.7. The molecule has 0 bridgehead atoms. The van der Waals surface area contributed by atoms with Gasteiger partial charge in [0, 0.05) is 5.56 Å². The van der Waals surface area contributed by atoms with Gasteiger partial charge >= 0.3 is 36.0 Å². The molecule has 2 aromatic carbocycles. The second kappa shape index (κ2) is 7.80. The van der Waals surface area contributed by atoms with Crippen molar-refractivity contribution in [3.8, 4) is 11.1 Å². The maximum Gasteiger partial charge on any atom is 0.385 e. The van der Waals surface area contributed by atoms with Crippen molar-refractivity contribution >= 4 is 5.71 Å². The Kier molecular flexibility index (Phi) is 5.89. The molecule has 0 aromatic heterocycles. The number of rotatable bonds is 7. The van der Waals surface area contributed by atoms with Gasteiger partial charge in [0.2, 0.25) is 0 Å². The SMILES string of the molecule is O/N=C(/c1ccc2c(c1)Cc1ccccc1-2)C(F)(F)C(F)(F)C(F)(F)C(F)(F)C(F)(F)C(F)F. The second-order valence-electron chi connectivity index (χ2n) is 7.38. The highest BCUT2D eigenvalue weighted by Crippen LogP contribution is 2.58. The van der Waals surface area contributed by atoms with E-state index >= 15 is 0 Å². The van der Waals surface area contributed by atoms with Crippen LogP contribution in [0.5, 0.6) is 0 Å². The lowest BCUT2D eigenvalue weighted by molar-refractivity contribution is -0.404. The van der Waals surface area contributed by atoms with Crippen molar-refractivity contribution in [1.82, 2.24) is 0 Å². The third kappa shape index (κ3) is 3.32. The van der Waals surface area contributed by atoms with Crippen LogP contribution < -0.4 is 0 Å². The summed E-state index contributed by atoms with van der Waals surface area (Å²) in [4.78, 5) is 0. The van der Waals surface area contributed by atoms with Gasteiger partial charge in [-0.2, -0.15) is 43.9 Å². The molecule has 0 aliphatic heterocycles. The highest BCUT2D eigenvalue weighted by molar-refractivity contribution is 6.06. The van der Waals surface area contributed by atoms with E-state index in [-0.39, 0.29) is 12.0 Å². The summed E-state index contributed by atoms with van der Waals surface area (Å²) in [7, 11) is 0. The largest absolute Gasteiger partial charge is 0.410 e. The summed E-state index contributed by atoms with van der Waals surface area (Å²) >= 11 is 0. The standard InChI is InChI=1S/C20H11F12NO/c21-15(22)17(25,26)19(29,30)20(31,32)18(27,28)16(23,24)14(33-34)10-5-6-13-11(8-10)7-9-3-1-2-4-12(9)13/h1-6,8,15,34H,7H2/b33-14-. The summed E-state index contributed by atoms with van der Waals surface area (Å²) in [5.41, 5.74) is -1.82. The Hall–Kier alpha value is -2.93. The molecular weight excluding hydrogens is 498 g/mol. The van der Waals surface area contributed by atoms with Crippen LogP contribution in [0.1, 0.15) is 16.7 Å². The average molecular weight is 509 g/mol.